The van der Waals surface area contributed by atoms with Crippen LogP contribution in [0.1, 0.15) is 26.5 Å². The molecule has 5 nitrogen and oxygen atoms in total. The number of rotatable bonds is 6. The van der Waals surface area contributed by atoms with Gasteiger partial charge in [-0.25, -0.2) is 0 Å². The summed E-state index contributed by atoms with van der Waals surface area (Å²) in [5.74, 6) is -0.0782. The summed E-state index contributed by atoms with van der Waals surface area (Å²) in [6, 6.07) is 11.2. The highest BCUT2D eigenvalue weighted by Crippen LogP contribution is 2.30. The number of carbonyl (C=O) groups is 1. The Kier molecular flexibility index (Phi) is 5.85. The van der Waals surface area contributed by atoms with E-state index < -0.39 is 0 Å². The quantitative estimate of drug-likeness (QED) is 0.448. The van der Waals surface area contributed by atoms with Crippen LogP contribution in [0.25, 0.3) is 10.2 Å². The standard InChI is InChI=1S/C21H18Cl2N4OS/c1-13-17-10-19(20(28)25-8-6-14-3-2-7-24-11-14)29-21(17)27(26-13)12-15-4-5-16(22)9-18(15)23/h2-5,7,9-11H,6,8,12H2,1H3,(H,25,28). The first-order valence-corrected chi connectivity index (χ1v) is 10.7. The summed E-state index contributed by atoms with van der Waals surface area (Å²) in [5.41, 5.74) is 2.91. The minimum Gasteiger partial charge on any atom is -0.351 e. The van der Waals surface area contributed by atoms with Crippen molar-refractivity contribution in [3.63, 3.8) is 0 Å². The second-order valence-electron chi connectivity index (χ2n) is 6.68. The van der Waals surface area contributed by atoms with Crippen molar-refractivity contribution in [2.75, 3.05) is 6.54 Å². The number of pyridine rings is 1. The molecule has 3 heterocycles. The molecule has 0 aliphatic heterocycles. The lowest BCUT2D eigenvalue weighted by Crippen LogP contribution is -2.24. The molecule has 0 saturated carbocycles. The third kappa shape index (κ3) is 4.45. The summed E-state index contributed by atoms with van der Waals surface area (Å²) in [6.45, 7) is 3.02. The highest BCUT2D eigenvalue weighted by Gasteiger charge is 2.17. The zero-order valence-electron chi connectivity index (χ0n) is 15.7. The van der Waals surface area contributed by atoms with Crippen LogP contribution >= 0.6 is 34.5 Å². The normalized spacial score (nSPS) is 11.1. The largest absolute Gasteiger partial charge is 0.351 e. The van der Waals surface area contributed by atoms with E-state index in [1.807, 2.05) is 48.1 Å². The van der Waals surface area contributed by atoms with Crippen LogP contribution in [0.3, 0.4) is 0 Å². The zero-order valence-corrected chi connectivity index (χ0v) is 18.0. The van der Waals surface area contributed by atoms with Gasteiger partial charge in [0.1, 0.15) is 4.83 Å². The van der Waals surface area contributed by atoms with Crippen molar-refractivity contribution in [2.24, 2.45) is 0 Å². The Morgan fingerprint density at radius 2 is 2.10 bits per heavy atom. The fraction of sp³-hybridized carbons (Fsp3) is 0.190. The maximum Gasteiger partial charge on any atom is 0.261 e. The predicted molar refractivity (Wildman–Crippen MR) is 118 cm³/mol. The average Bonchev–Trinajstić information content (AvgIpc) is 3.26. The van der Waals surface area contributed by atoms with Gasteiger partial charge in [-0.2, -0.15) is 5.10 Å². The number of aromatic nitrogens is 3. The molecular weight excluding hydrogens is 427 g/mol. The van der Waals surface area contributed by atoms with E-state index in [1.165, 1.54) is 11.3 Å². The van der Waals surface area contributed by atoms with Crippen LogP contribution < -0.4 is 5.32 Å². The van der Waals surface area contributed by atoms with Crippen LogP contribution in [-0.4, -0.2) is 27.2 Å². The molecular formula is C21H18Cl2N4OS. The molecule has 1 N–H and O–H groups in total. The summed E-state index contributed by atoms with van der Waals surface area (Å²) in [4.78, 5) is 18.3. The number of thiophene rings is 1. The van der Waals surface area contributed by atoms with E-state index in [4.69, 9.17) is 23.2 Å². The lowest BCUT2D eigenvalue weighted by molar-refractivity contribution is 0.0958. The Labute approximate surface area is 182 Å². The highest BCUT2D eigenvalue weighted by molar-refractivity contribution is 7.20. The van der Waals surface area contributed by atoms with Crippen molar-refractivity contribution in [3.05, 3.63) is 80.5 Å². The third-order valence-corrected chi connectivity index (χ3v) is 6.32. The molecule has 0 saturated heterocycles. The Morgan fingerprint density at radius 3 is 2.86 bits per heavy atom. The van der Waals surface area contributed by atoms with Gasteiger partial charge in [-0.15, -0.1) is 11.3 Å². The number of fused-ring (bicyclic) bond motifs is 1. The van der Waals surface area contributed by atoms with Gasteiger partial charge in [-0.3, -0.25) is 14.5 Å². The van der Waals surface area contributed by atoms with Crippen molar-refractivity contribution in [1.29, 1.82) is 0 Å². The lowest BCUT2D eigenvalue weighted by Gasteiger charge is -2.06. The highest BCUT2D eigenvalue weighted by atomic mass is 35.5. The van der Waals surface area contributed by atoms with E-state index in [9.17, 15) is 4.79 Å². The van der Waals surface area contributed by atoms with Gasteiger partial charge >= 0.3 is 0 Å². The van der Waals surface area contributed by atoms with Crippen molar-refractivity contribution in [2.45, 2.75) is 19.9 Å². The molecule has 1 aromatic carbocycles. The SMILES string of the molecule is Cc1nn(Cc2ccc(Cl)cc2Cl)c2sc(C(=O)NCCc3cccnc3)cc12. The van der Waals surface area contributed by atoms with Crippen LogP contribution in [0.2, 0.25) is 10.0 Å². The second-order valence-corrected chi connectivity index (χ2v) is 8.55. The molecule has 4 rings (SSSR count). The number of hydrogen-bond acceptors (Lipinski definition) is 4. The molecule has 0 aliphatic rings. The smallest absolute Gasteiger partial charge is 0.261 e. The Bertz CT molecular complexity index is 1170. The van der Waals surface area contributed by atoms with Crippen molar-refractivity contribution in [3.8, 4) is 0 Å². The van der Waals surface area contributed by atoms with E-state index >= 15 is 0 Å². The number of benzene rings is 1. The summed E-state index contributed by atoms with van der Waals surface area (Å²) in [7, 11) is 0. The van der Waals surface area contributed by atoms with E-state index in [2.05, 4.69) is 15.4 Å². The zero-order chi connectivity index (χ0) is 20.4. The van der Waals surface area contributed by atoms with Gasteiger partial charge in [0.25, 0.3) is 5.91 Å². The summed E-state index contributed by atoms with van der Waals surface area (Å²) in [6.07, 6.45) is 4.29. The molecule has 4 aromatic rings. The van der Waals surface area contributed by atoms with Crippen LogP contribution in [0.4, 0.5) is 0 Å². The molecule has 29 heavy (non-hydrogen) atoms. The van der Waals surface area contributed by atoms with E-state index in [0.29, 0.717) is 28.0 Å². The molecule has 0 bridgehead atoms. The molecule has 0 atom stereocenters. The Balaban J connectivity index is 1.50. The van der Waals surface area contributed by atoms with Gasteiger partial charge in [-0.05, 0) is 48.7 Å². The van der Waals surface area contributed by atoms with Gasteiger partial charge in [0.15, 0.2) is 0 Å². The fourth-order valence-electron chi connectivity index (χ4n) is 3.10. The van der Waals surface area contributed by atoms with Crippen LogP contribution in [0.5, 0.6) is 0 Å². The number of nitrogens with one attached hydrogen (secondary N) is 1. The first kappa shape index (κ1) is 19.9. The van der Waals surface area contributed by atoms with Gasteiger partial charge in [0.2, 0.25) is 0 Å². The fourth-order valence-corrected chi connectivity index (χ4v) is 4.64. The van der Waals surface area contributed by atoms with Gasteiger partial charge in [-0.1, -0.05) is 35.3 Å². The Hall–Kier alpha value is -2.41. The number of aryl methyl sites for hydroxylation is 1. The summed E-state index contributed by atoms with van der Waals surface area (Å²) < 4.78 is 1.89. The molecule has 0 aliphatic carbocycles. The minimum absolute atomic E-state index is 0.0782. The van der Waals surface area contributed by atoms with Crippen molar-refractivity contribution < 1.29 is 4.79 Å². The van der Waals surface area contributed by atoms with Gasteiger partial charge in [0.05, 0.1) is 17.1 Å². The topological polar surface area (TPSA) is 59.8 Å². The Morgan fingerprint density at radius 1 is 1.24 bits per heavy atom. The van der Waals surface area contributed by atoms with Gasteiger partial charge < -0.3 is 5.32 Å². The molecule has 8 heteroatoms. The second kappa shape index (κ2) is 8.53. The molecule has 0 fully saturated rings. The number of amides is 1. The molecule has 148 valence electrons. The molecule has 0 spiro atoms. The number of halogens is 2. The van der Waals surface area contributed by atoms with Crippen LogP contribution in [-0.2, 0) is 13.0 Å². The van der Waals surface area contributed by atoms with Crippen LogP contribution in [0.15, 0.2) is 48.8 Å². The summed E-state index contributed by atoms with van der Waals surface area (Å²) in [5, 5.41) is 9.77. The monoisotopic (exact) mass is 444 g/mol. The molecule has 0 unspecified atom stereocenters. The van der Waals surface area contributed by atoms with Crippen molar-refractivity contribution >= 4 is 50.7 Å². The summed E-state index contributed by atoms with van der Waals surface area (Å²) >= 11 is 13.7. The lowest BCUT2D eigenvalue weighted by atomic mass is 10.2. The first-order chi connectivity index (χ1) is 14.0. The van der Waals surface area contributed by atoms with E-state index in [-0.39, 0.29) is 5.91 Å². The van der Waals surface area contributed by atoms with Gasteiger partial charge in [0, 0.05) is 34.4 Å². The molecule has 0 radical (unpaired) electrons. The van der Waals surface area contributed by atoms with Crippen molar-refractivity contribution in [1.82, 2.24) is 20.1 Å². The van der Waals surface area contributed by atoms with E-state index in [0.717, 1.165) is 33.5 Å². The minimum atomic E-state index is -0.0782. The maximum atomic E-state index is 12.6. The van der Waals surface area contributed by atoms with E-state index in [1.54, 1.807) is 12.3 Å². The molecule has 1 amide bonds. The number of nitrogens with zero attached hydrogens (tertiary/aromatic N) is 3. The number of hydrogen-bond donors (Lipinski definition) is 1. The van der Waals surface area contributed by atoms with Crippen LogP contribution in [0, 0.1) is 6.92 Å². The first-order valence-electron chi connectivity index (χ1n) is 9.09. The average molecular weight is 445 g/mol. The maximum absolute atomic E-state index is 12.6. The molecule has 3 aromatic heterocycles. The third-order valence-electron chi connectivity index (χ3n) is 4.59. The predicted octanol–water partition coefficient (Wildman–Crippen LogP) is 5.13. The number of carbonyl (C=O) groups excluding carboxylic acids is 1.